The van der Waals surface area contributed by atoms with Gasteiger partial charge in [0.1, 0.15) is 28.4 Å². The van der Waals surface area contributed by atoms with E-state index in [1.165, 1.54) is 37.4 Å². The van der Waals surface area contributed by atoms with Crippen molar-refractivity contribution in [3.8, 4) is 17.0 Å². The minimum absolute atomic E-state index is 0.0388. The van der Waals surface area contributed by atoms with Gasteiger partial charge in [0.15, 0.2) is 17.4 Å². The molecule has 0 radical (unpaired) electrons. The van der Waals surface area contributed by atoms with Crippen molar-refractivity contribution in [1.82, 2.24) is 4.98 Å². The third-order valence-corrected chi connectivity index (χ3v) is 6.06. The van der Waals surface area contributed by atoms with Crippen molar-refractivity contribution in [3.63, 3.8) is 0 Å². The van der Waals surface area contributed by atoms with Crippen molar-refractivity contribution in [2.75, 3.05) is 7.11 Å². The molecule has 0 spiro atoms. The normalized spacial score (nSPS) is 20.6. The first-order valence-corrected chi connectivity index (χ1v) is 10.9. The predicted octanol–water partition coefficient (Wildman–Crippen LogP) is 2.75. The fraction of sp³-hybridized carbons (Fsp3) is 0.240. The Kier molecular flexibility index (Phi) is 6.35. The molecule has 8 nitrogen and oxygen atoms in total. The Morgan fingerprint density at radius 2 is 1.78 bits per heavy atom. The SMILES string of the molecule is COc1c(F)c(-c2ccccc2F)nc2c(F)c(/C(N)=C(\C(N)=O)C(N)=NC3CC(C)(O)C3)ccc12. The molecule has 1 aliphatic rings. The number of carbonyl (C=O) groups excluding carboxylic acids is 1. The molecular formula is C25H24F3N5O3. The maximum Gasteiger partial charge on any atom is 0.254 e. The smallest absolute Gasteiger partial charge is 0.254 e. The minimum Gasteiger partial charge on any atom is -0.493 e. The van der Waals surface area contributed by atoms with Crippen LogP contribution in [-0.4, -0.2) is 40.6 Å². The van der Waals surface area contributed by atoms with E-state index in [0.29, 0.717) is 12.8 Å². The molecule has 7 N–H and O–H groups in total. The Labute approximate surface area is 204 Å². The number of carbonyl (C=O) groups is 1. The third-order valence-electron chi connectivity index (χ3n) is 6.06. The second kappa shape index (κ2) is 9.15. The van der Waals surface area contributed by atoms with Crippen LogP contribution in [0.15, 0.2) is 47.0 Å². The highest BCUT2D eigenvalue weighted by Crippen LogP contribution is 2.38. The van der Waals surface area contributed by atoms with Crippen LogP contribution in [-0.2, 0) is 4.79 Å². The maximum atomic E-state index is 15.8. The summed E-state index contributed by atoms with van der Waals surface area (Å²) < 4.78 is 50.5. The van der Waals surface area contributed by atoms with Crippen LogP contribution in [0.2, 0.25) is 0 Å². The van der Waals surface area contributed by atoms with Gasteiger partial charge in [-0.05, 0) is 44.0 Å². The second-order valence-electron chi connectivity index (χ2n) is 8.84. The molecule has 3 aromatic rings. The van der Waals surface area contributed by atoms with E-state index in [-0.39, 0.29) is 39.7 Å². The summed E-state index contributed by atoms with van der Waals surface area (Å²) in [5.41, 5.74) is 14.5. The number of pyridine rings is 1. The molecule has 188 valence electrons. The average molecular weight is 499 g/mol. The highest BCUT2D eigenvalue weighted by atomic mass is 19.1. The van der Waals surface area contributed by atoms with Crippen LogP contribution in [0.3, 0.4) is 0 Å². The van der Waals surface area contributed by atoms with Crippen LogP contribution in [0.1, 0.15) is 25.3 Å². The Morgan fingerprint density at radius 1 is 1.11 bits per heavy atom. The maximum absolute atomic E-state index is 15.8. The van der Waals surface area contributed by atoms with Crippen LogP contribution < -0.4 is 21.9 Å². The molecule has 0 unspecified atom stereocenters. The van der Waals surface area contributed by atoms with E-state index in [4.69, 9.17) is 21.9 Å². The highest BCUT2D eigenvalue weighted by Gasteiger charge is 2.38. The number of fused-ring (bicyclic) bond motifs is 1. The minimum atomic E-state index is -1.05. The van der Waals surface area contributed by atoms with Crippen LogP contribution in [0, 0.1) is 17.5 Å². The number of hydrogen-bond donors (Lipinski definition) is 4. The molecule has 1 aromatic heterocycles. The molecule has 11 heteroatoms. The van der Waals surface area contributed by atoms with Gasteiger partial charge in [-0.2, -0.15) is 0 Å². The van der Waals surface area contributed by atoms with Gasteiger partial charge < -0.3 is 27.0 Å². The fourth-order valence-electron chi connectivity index (χ4n) is 4.32. The molecule has 0 bridgehead atoms. The zero-order valence-electron chi connectivity index (χ0n) is 19.5. The number of aliphatic imine (C=N–C) groups is 1. The van der Waals surface area contributed by atoms with Gasteiger partial charge in [-0.1, -0.05) is 12.1 Å². The zero-order chi connectivity index (χ0) is 26.4. The topological polar surface area (TPSA) is 150 Å². The number of amidine groups is 1. The largest absolute Gasteiger partial charge is 0.493 e. The van der Waals surface area contributed by atoms with Gasteiger partial charge in [0.2, 0.25) is 0 Å². The number of nitrogens with zero attached hydrogens (tertiary/aromatic N) is 2. The lowest BCUT2D eigenvalue weighted by molar-refractivity contribution is -0.114. The van der Waals surface area contributed by atoms with Crippen molar-refractivity contribution in [1.29, 1.82) is 0 Å². The van der Waals surface area contributed by atoms with Crippen molar-refractivity contribution in [2.24, 2.45) is 22.2 Å². The summed E-state index contributed by atoms with van der Waals surface area (Å²) in [6, 6.07) is 7.44. The fourth-order valence-corrected chi connectivity index (χ4v) is 4.32. The first kappa shape index (κ1) is 25.0. The van der Waals surface area contributed by atoms with Gasteiger partial charge >= 0.3 is 0 Å². The number of ether oxygens (including phenoxy) is 1. The molecule has 4 rings (SSSR count). The molecule has 1 aliphatic carbocycles. The lowest BCUT2D eigenvalue weighted by atomic mass is 9.77. The van der Waals surface area contributed by atoms with Gasteiger partial charge in [0.25, 0.3) is 5.91 Å². The third kappa shape index (κ3) is 4.33. The van der Waals surface area contributed by atoms with Gasteiger partial charge in [-0.25, -0.2) is 18.2 Å². The Hall–Kier alpha value is -4.12. The quantitative estimate of drug-likeness (QED) is 0.233. The van der Waals surface area contributed by atoms with E-state index in [0.717, 1.165) is 6.07 Å². The highest BCUT2D eigenvalue weighted by molar-refractivity contribution is 6.24. The molecule has 0 aliphatic heterocycles. The van der Waals surface area contributed by atoms with Crippen LogP contribution in [0.4, 0.5) is 13.2 Å². The van der Waals surface area contributed by atoms with Crippen molar-refractivity contribution in [3.05, 3.63) is 65.0 Å². The summed E-state index contributed by atoms with van der Waals surface area (Å²) >= 11 is 0. The van der Waals surface area contributed by atoms with Gasteiger partial charge in [0.05, 0.1) is 24.4 Å². The lowest BCUT2D eigenvalue weighted by Gasteiger charge is -2.38. The second-order valence-corrected chi connectivity index (χ2v) is 8.84. The van der Waals surface area contributed by atoms with E-state index in [1.54, 1.807) is 6.92 Å². The number of halogens is 3. The van der Waals surface area contributed by atoms with Crippen molar-refractivity contribution >= 4 is 28.3 Å². The van der Waals surface area contributed by atoms with E-state index >= 15 is 8.78 Å². The van der Waals surface area contributed by atoms with Crippen LogP contribution in [0.25, 0.3) is 27.9 Å². The predicted molar refractivity (Wildman–Crippen MR) is 129 cm³/mol. The van der Waals surface area contributed by atoms with Gasteiger partial charge in [0, 0.05) is 16.5 Å². The molecule has 0 atom stereocenters. The summed E-state index contributed by atoms with van der Waals surface area (Å²) in [5, 5.41) is 9.86. The van der Waals surface area contributed by atoms with E-state index in [1.807, 2.05) is 0 Å². The van der Waals surface area contributed by atoms with Gasteiger partial charge in [-0.3, -0.25) is 9.79 Å². The number of rotatable bonds is 6. The number of benzene rings is 2. The van der Waals surface area contributed by atoms with Crippen molar-refractivity contribution in [2.45, 2.75) is 31.4 Å². The number of aromatic nitrogens is 1. The van der Waals surface area contributed by atoms with E-state index in [2.05, 4.69) is 9.98 Å². The number of hydrogen-bond acceptors (Lipinski definition) is 6. The Bertz CT molecular complexity index is 1440. The first-order valence-electron chi connectivity index (χ1n) is 10.9. The number of primary amides is 1. The number of amides is 1. The lowest BCUT2D eigenvalue weighted by Crippen LogP contribution is -2.44. The Morgan fingerprint density at radius 3 is 2.36 bits per heavy atom. The number of nitrogens with two attached hydrogens (primary N) is 3. The molecule has 0 saturated heterocycles. The van der Waals surface area contributed by atoms with E-state index in [9.17, 15) is 14.3 Å². The first-order chi connectivity index (χ1) is 16.9. The molecule has 1 heterocycles. The molecule has 1 fully saturated rings. The standard InChI is InChI=1S/C25H24F3N5O3/c1-25(35)9-11(10-25)32-23(30)16(24(31)34)19(29)13-7-8-14-21(17(13)27)33-20(18(28)22(14)36-2)12-5-3-4-6-15(12)26/h3-8,11,35H,9-10,29H2,1-2H3,(H2,30,32)(H2,31,34)/b19-16+. The summed E-state index contributed by atoms with van der Waals surface area (Å²) in [6.07, 6.45) is 0.635. The Balaban J connectivity index is 1.91. The molecule has 1 saturated carbocycles. The van der Waals surface area contributed by atoms with E-state index < -0.39 is 45.9 Å². The zero-order valence-corrected chi connectivity index (χ0v) is 19.5. The monoisotopic (exact) mass is 499 g/mol. The molecule has 36 heavy (non-hydrogen) atoms. The van der Waals surface area contributed by atoms with Crippen LogP contribution >= 0.6 is 0 Å². The molecule has 1 amide bonds. The summed E-state index contributed by atoms with van der Waals surface area (Å²) in [7, 11) is 1.18. The number of methoxy groups -OCH3 is 1. The number of aliphatic hydroxyl groups is 1. The average Bonchev–Trinajstić information content (AvgIpc) is 2.78. The summed E-state index contributed by atoms with van der Waals surface area (Å²) in [5.74, 6) is -4.47. The van der Waals surface area contributed by atoms with Gasteiger partial charge in [-0.15, -0.1) is 0 Å². The molecular weight excluding hydrogens is 475 g/mol. The van der Waals surface area contributed by atoms with Crippen LogP contribution in [0.5, 0.6) is 5.75 Å². The summed E-state index contributed by atoms with van der Waals surface area (Å²) in [4.78, 5) is 20.4. The van der Waals surface area contributed by atoms with Crippen molar-refractivity contribution < 1.29 is 27.8 Å². The summed E-state index contributed by atoms with van der Waals surface area (Å²) in [6.45, 7) is 1.64. The molecule has 2 aromatic carbocycles.